The number of benzene rings is 1. The lowest BCUT2D eigenvalue weighted by atomic mass is 10.2. The highest BCUT2D eigenvalue weighted by Crippen LogP contribution is 2.21. The minimum Gasteiger partial charge on any atom is -0.348 e. The van der Waals surface area contributed by atoms with Crippen molar-refractivity contribution in [2.45, 2.75) is 6.92 Å². The number of halogens is 2. The Balaban J connectivity index is 2.78. The van der Waals surface area contributed by atoms with Crippen molar-refractivity contribution in [1.82, 2.24) is 5.32 Å². The van der Waals surface area contributed by atoms with Crippen molar-refractivity contribution in [3.05, 3.63) is 44.9 Å². The second-order valence-electron chi connectivity index (χ2n) is 3.26. The van der Waals surface area contributed by atoms with Gasteiger partial charge in [0.05, 0.1) is 5.56 Å². The van der Waals surface area contributed by atoms with Gasteiger partial charge in [-0.1, -0.05) is 28.1 Å². The van der Waals surface area contributed by atoms with Crippen LogP contribution in [0, 0.1) is 0 Å². The van der Waals surface area contributed by atoms with E-state index < -0.39 is 0 Å². The minimum absolute atomic E-state index is 0.0997. The SMILES string of the molecule is C=C(C)CNC(=O)c1ccc(Br)cc1Br. The summed E-state index contributed by atoms with van der Waals surface area (Å²) in [6, 6.07) is 5.44. The monoisotopic (exact) mass is 331 g/mol. The van der Waals surface area contributed by atoms with Crippen LogP contribution < -0.4 is 5.32 Å². The second-order valence-corrected chi connectivity index (χ2v) is 5.03. The van der Waals surface area contributed by atoms with Crippen LogP contribution in [0.1, 0.15) is 17.3 Å². The molecule has 0 bridgehead atoms. The van der Waals surface area contributed by atoms with E-state index >= 15 is 0 Å². The summed E-state index contributed by atoms with van der Waals surface area (Å²) >= 11 is 6.67. The Morgan fingerprint density at radius 1 is 1.47 bits per heavy atom. The molecule has 15 heavy (non-hydrogen) atoms. The van der Waals surface area contributed by atoms with Crippen molar-refractivity contribution in [3.63, 3.8) is 0 Å². The Hall–Kier alpha value is -0.610. The van der Waals surface area contributed by atoms with Crippen LogP contribution in [0.5, 0.6) is 0 Å². The Morgan fingerprint density at radius 3 is 2.67 bits per heavy atom. The summed E-state index contributed by atoms with van der Waals surface area (Å²) in [5, 5.41) is 2.77. The predicted octanol–water partition coefficient (Wildman–Crippen LogP) is 3.52. The Kier molecular flexibility index (Phi) is 4.54. The van der Waals surface area contributed by atoms with Crippen LogP contribution in [0.25, 0.3) is 0 Å². The number of amides is 1. The van der Waals surface area contributed by atoms with Gasteiger partial charge in [-0.2, -0.15) is 0 Å². The summed E-state index contributed by atoms with van der Waals surface area (Å²) in [7, 11) is 0. The molecule has 1 N–H and O–H groups in total. The fourth-order valence-corrected chi connectivity index (χ4v) is 2.23. The lowest BCUT2D eigenvalue weighted by Crippen LogP contribution is -2.25. The maximum Gasteiger partial charge on any atom is 0.252 e. The van der Waals surface area contributed by atoms with Crippen molar-refractivity contribution in [2.24, 2.45) is 0 Å². The summed E-state index contributed by atoms with van der Waals surface area (Å²) in [5.74, 6) is -0.0997. The van der Waals surface area contributed by atoms with E-state index in [1.54, 1.807) is 6.07 Å². The van der Waals surface area contributed by atoms with Crippen LogP contribution in [0.3, 0.4) is 0 Å². The summed E-state index contributed by atoms with van der Waals surface area (Å²) in [6.07, 6.45) is 0. The molecule has 0 radical (unpaired) electrons. The van der Waals surface area contributed by atoms with Crippen molar-refractivity contribution < 1.29 is 4.79 Å². The maximum absolute atomic E-state index is 11.7. The molecule has 1 amide bonds. The Labute approximate surface area is 106 Å². The highest BCUT2D eigenvalue weighted by atomic mass is 79.9. The predicted molar refractivity (Wildman–Crippen MR) is 69.0 cm³/mol. The van der Waals surface area contributed by atoms with Gasteiger partial charge in [0.1, 0.15) is 0 Å². The van der Waals surface area contributed by atoms with Gasteiger partial charge < -0.3 is 5.32 Å². The number of rotatable bonds is 3. The number of carbonyl (C=O) groups excluding carboxylic acids is 1. The first-order valence-corrected chi connectivity index (χ1v) is 5.97. The number of carbonyl (C=O) groups is 1. The van der Waals surface area contributed by atoms with Gasteiger partial charge in [0.15, 0.2) is 0 Å². The van der Waals surface area contributed by atoms with Crippen molar-refractivity contribution in [1.29, 1.82) is 0 Å². The molecule has 0 aliphatic rings. The lowest BCUT2D eigenvalue weighted by molar-refractivity contribution is 0.0956. The highest BCUT2D eigenvalue weighted by molar-refractivity contribution is 9.11. The largest absolute Gasteiger partial charge is 0.348 e. The van der Waals surface area contributed by atoms with E-state index in [1.165, 1.54) is 0 Å². The molecule has 2 nitrogen and oxygen atoms in total. The summed E-state index contributed by atoms with van der Waals surface area (Å²) in [5.41, 5.74) is 1.55. The minimum atomic E-state index is -0.0997. The van der Waals surface area contributed by atoms with E-state index in [0.717, 1.165) is 14.5 Å². The van der Waals surface area contributed by atoms with Crippen LogP contribution >= 0.6 is 31.9 Å². The quantitative estimate of drug-likeness (QED) is 0.843. The van der Waals surface area contributed by atoms with Crippen LogP contribution in [0.2, 0.25) is 0 Å². The standard InChI is InChI=1S/C11H11Br2NO/c1-7(2)6-14-11(15)9-4-3-8(12)5-10(9)13/h3-5H,1,6H2,2H3,(H,14,15). The van der Waals surface area contributed by atoms with Gasteiger partial charge in [-0.05, 0) is 41.1 Å². The summed E-state index contributed by atoms with van der Waals surface area (Å²) in [4.78, 5) is 11.7. The zero-order valence-corrected chi connectivity index (χ0v) is 11.5. The van der Waals surface area contributed by atoms with E-state index in [0.29, 0.717) is 12.1 Å². The molecular weight excluding hydrogens is 322 g/mol. The van der Waals surface area contributed by atoms with Crippen molar-refractivity contribution >= 4 is 37.8 Å². The third kappa shape index (κ3) is 3.80. The molecular formula is C11H11Br2NO. The van der Waals surface area contributed by atoms with Gasteiger partial charge in [-0.3, -0.25) is 4.79 Å². The van der Waals surface area contributed by atoms with Crippen LogP contribution in [-0.4, -0.2) is 12.5 Å². The third-order valence-electron chi connectivity index (χ3n) is 1.73. The molecule has 0 spiro atoms. The molecule has 4 heteroatoms. The average Bonchev–Trinajstić information content (AvgIpc) is 2.14. The van der Waals surface area contributed by atoms with Gasteiger partial charge in [0.25, 0.3) is 5.91 Å². The molecule has 1 aromatic rings. The number of hydrogen-bond acceptors (Lipinski definition) is 1. The summed E-state index contributed by atoms with van der Waals surface area (Å²) < 4.78 is 1.71. The molecule has 80 valence electrons. The summed E-state index contributed by atoms with van der Waals surface area (Å²) in [6.45, 7) is 6.10. The molecule has 0 atom stereocenters. The van der Waals surface area contributed by atoms with Gasteiger partial charge in [-0.15, -0.1) is 0 Å². The number of hydrogen-bond donors (Lipinski definition) is 1. The van der Waals surface area contributed by atoms with Gasteiger partial charge in [-0.25, -0.2) is 0 Å². The smallest absolute Gasteiger partial charge is 0.252 e. The van der Waals surface area contributed by atoms with Crippen LogP contribution in [0.15, 0.2) is 39.3 Å². The first-order chi connectivity index (χ1) is 7.00. The van der Waals surface area contributed by atoms with E-state index in [-0.39, 0.29) is 5.91 Å². The molecule has 0 aliphatic heterocycles. The zero-order valence-electron chi connectivity index (χ0n) is 8.31. The zero-order chi connectivity index (χ0) is 11.4. The molecule has 0 saturated carbocycles. The average molecular weight is 333 g/mol. The normalized spacial score (nSPS) is 9.80. The lowest BCUT2D eigenvalue weighted by Gasteiger charge is -2.06. The van der Waals surface area contributed by atoms with Gasteiger partial charge in [0, 0.05) is 15.5 Å². The Bertz CT molecular complexity index is 402. The molecule has 1 aromatic carbocycles. The van der Waals surface area contributed by atoms with Crippen LogP contribution in [-0.2, 0) is 0 Å². The highest BCUT2D eigenvalue weighted by Gasteiger charge is 2.09. The van der Waals surface area contributed by atoms with E-state index in [4.69, 9.17) is 0 Å². The topological polar surface area (TPSA) is 29.1 Å². The molecule has 0 unspecified atom stereocenters. The molecule has 1 rings (SSSR count). The molecule has 0 saturated heterocycles. The third-order valence-corrected chi connectivity index (χ3v) is 2.88. The van der Waals surface area contributed by atoms with Crippen LogP contribution in [0.4, 0.5) is 0 Å². The van der Waals surface area contributed by atoms with E-state index in [1.807, 2.05) is 19.1 Å². The van der Waals surface area contributed by atoms with Crippen molar-refractivity contribution in [2.75, 3.05) is 6.54 Å². The molecule has 0 fully saturated rings. The van der Waals surface area contributed by atoms with Crippen molar-refractivity contribution in [3.8, 4) is 0 Å². The van der Waals surface area contributed by atoms with E-state index in [9.17, 15) is 4.79 Å². The van der Waals surface area contributed by atoms with E-state index in [2.05, 4.69) is 43.8 Å². The fourth-order valence-electron chi connectivity index (χ4n) is 1.00. The van der Waals surface area contributed by atoms with Gasteiger partial charge >= 0.3 is 0 Å². The molecule has 0 aromatic heterocycles. The Morgan fingerprint density at radius 2 is 2.13 bits per heavy atom. The number of nitrogens with one attached hydrogen (secondary N) is 1. The fraction of sp³-hybridized carbons (Fsp3) is 0.182. The first kappa shape index (κ1) is 12.5. The molecule has 0 aliphatic carbocycles. The molecule has 0 heterocycles. The van der Waals surface area contributed by atoms with Gasteiger partial charge in [0.2, 0.25) is 0 Å². The second kappa shape index (κ2) is 5.47. The first-order valence-electron chi connectivity index (χ1n) is 4.38. The maximum atomic E-state index is 11.7.